The second-order valence-corrected chi connectivity index (χ2v) is 16.9. The summed E-state index contributed by atoms with van der Waals surface area (Å²) in [6, 6.07) is 3.02. The molecule has 43 heavy (non-hydrogen) atoms. The fourth-order valence-corrected chi connectivity index (χ4v) is 11.2. The fraction of sp³-hybridized carbons (Fsp3) is 0.794. The van der Waals surface area contributed by atoms with Gasteiger partial charge in [-0.3, -0.25) is 0 Å². The Morgan fingerprint density at radius 1 is 0.977 bits per heavy atom. The molecule has 0 spiro atoms. The first-order valence-corrected chi connectivity index (χ1v) is 17.9. The van der Waals surface area contributed by atoms with Crippen molar-refractivity contribution in [1.82, 2.24) is 4.72 Å². The van der Waals surface area contributed by atoms with E-state index in [0.29, 0.717) is 40.5 Å². The number of aryl methyl sites for hydroxylation is 2. The van der Waals surface area contributed by atoms with Crippen LogP contribution in [0.15, 0.2) is 17.0 Å². The SMILES string of the molecule is Cc1cc(S(=O)(=O)NC(=O)OC[C@@H](C)[C@H]2CC[C@H]3[C@@H]4[C@H](O)C[C@@H]5C[C@H](O)CC[C@]5(C)[C@H]4CC[C@]23C)cc(C)c1OC(C)C. The van der Waals surface area contributed by atoms with E-state index in [9.17, 15) is 23.4 Å². The minimum atomic E-state index is -4.11. The van der Waals surface area contributed by atoms with E-state index in [2.05, 4.69) is 25.5 Å². The van der Waals surface area contributed by atoms with Gasteiger partial charge >= 0.3 is 6.09 Å². The molecule has 242 valence electrons. The topological polar surface area (TPSA) is 122 Å². The second-order valence-electron chi connectivity index (χ2n) is 15.2. The molecule has 0 radical (unpaired) electrons. The van der Waals surface area contributed by atoms with E-state index in [0.717, 1.165) is 51.4 Å². The summed E-state index contributed by atoms with van der Waals surface area (Å²) in [7, 11) is -4.11. The van der Waals surface area contributed by atoms with Crippen molar-refractivity contribution >= 4 is 16.1 Å². The standard InChI is InChI=1S/C34H53NO7S/c1-19(2)42-31-20(3)14-25(15-21(31)4)43(39,40)35-32(38)41-18-22(5)26-8-9-27-30-28(11-13-34(26,27)7)33(6)12-10-24(36)16-23(33)17-29(30)37/h14-15,19,22-24,26-30,36-37H,8-13,16-18H2,1-7H3,(H,35,38)/t22-,23+,24-,26-,27+,28+,29-,30+,33+,34-/m1/s1. The zero-order valence-corrected chi connectivity index (χ0v) is 27.9. The van der Waals surface area contributed by atoms with E-state index in [1.54, 1.807) is 13.8 Å². The van der Waals surface area contributed by atoms with Crippen molar-refractivity contribution in [3.63, 3.8) is 0 Å². The number of nitrogens with one attached hydrogen (secondary N) is 1. The molecule has 4 aliphatic carbocycles. The smallest absolute Gasteiger partial charge is 0.421 e. The maximum atomic E-state index is 13.0. The fourth-order valence-electron chi connectivity index (χ4n) is 10.2. The molecule has 8 nitrogen and oxygen atoms in total. The number of fused-ring (bicyclic) bond motifs is 5. The summed E-state index contributed by atoms with van der Waals surface area (Å²) >= 11 is 0. The molecule has 5 rings (SSSR count). The molecule has 9 heteroatoms. The number of amides is 1. The van der Waals surface area contributed by atoms with Crippen LogP contribution in [0.2, 0.25) is 0 Å². The Hall–Kier alpha value is -1.84. The largest absolute Gasteiger partial charge is 0.490 e. The lowest BCUT2D eigenvalue weighted by Gasteiger charge is -2.62. The molecule has 1 aromatic rings. The number of hydrogen-bond donors (Lipinski definition) is 3. The number of ether oxygens (including phenoxy) is 2. The molecule has 4 fully saturated rings. The first-order chi connectivity index (χ1) is 20.1. The van der Waals surface area contributed by atoms with E-state index in [1.165, 1.54) is 12.1 Å². The number of aliphatic hydroxyl groups is 2. The van der Waals surface area contributed by atoms with Gasteiger partial charge in [0.05, 0.1) is 29.8 Å². The van der Waals surface area contributed by atoms with Crippen LogP contribution in [0.3, 0.4) is 0 Å². The van der Waals surface area contributed by atoms with Crippen LogP contribution in [0.5, 0.6) is 5.75 Å². The number of benzene rings is 1. The Kier molecular flexibility index (Phi) is 8.95. The number of rotatable bonds is 7. The van der Waals surface area contributed by atoms with Crippen molar-refractivity contribution in [3.05, 3.63) is 23.3 Å². The summed E-state index contributed by atoms with van der Waals surface area (Å²) < 4.78 is 39.5. The van der Waals surface area contributed by atoms with E-state index in [4.69, 9.17) is 9.47 Å². The molecule has 0 saturated heterocycles. The molecular weight excluding hydrogens is 566 g/mol. The van der Waals surface area contributed by atoms with Gasteiger partial charge in [0.1, 0.15) is 5.75 Å². The van der Waals surface area contributed by atoms with Crippen LogP contribution in [0.1, 0.15) is 97.1 Å². The van der Waals surface area contributed by atoms with Crippen LogP contribution >= 0.6 is 0 Å². The summed E-state index contributed by atoms with van der Waals surface area (Å²) in [5.74, 6) is 2.59. The Morgan fingerprint density at radius 3 is 2.26 bits per heavy atom. The molecule has 4 aliphatic rings. The van der Waals surface area contributed by atoms with Gasteiger partial charge in [0.25, 0.3) is 10.0 Å². The van der Waals surface area contributed by atoms with Crippen molar-refractivity contribution in [2.75, 3.05) is 6.61 Å². The number of carbonyl (C=O) groups excluding carboxylic acids is 1. The van der Waals surface area contributed by atoms with Crippen LogP contribution < -0.4 is 9.46 Å². The molecular formula is C34H53NO7S. The average molecular weight is 620 g/mol. The Morgan fingerprint density at radius 2 is 1.60 bits per heavy atom. The van der Waals surface area contributed by atoms with Crippen LogP contribution in [0.25, 0.3) is 0 Å². The summed E-state index contributed by atoms with van der Waals surface area (Å²) in [4.78, 5) is 12.7. The summed E-state index contributed by atoms with van der Waals surface area (Å²) in [5.41, 5.74) is 1.59. The lowest BCUT2D eigenvalue weighted by molar-refractivity contribution is -0.174. The minimum absolute atomic E-state index is 0.000889. The highest BCUT2D eigenvalue weighted by molar-refractivity contribution is 7.90. The maximum Gasteiger partial charge on any atom is 0.421 e. The monoisotopic (exact) mass is 619 g/mol. The van der Waals surface area contributed by atoms with E-state index in [-0.39, 0.29) is 52.5 Å². The average Bonchev–Trinajstić information content (AvgIpc) is 3.27. The van der Waals surface area contributed by atoms with E-state index in [1.807, 2.05) is 13.8 Å². The van der Waals surface area contributed by atoms with E-state index >= 15 is 0 Å². The zero-order valence-electron chi connectivity index (χ0n) is 27.1. The molecule has 0 heterocycles. The third-order valence-corrected chi connectivity index (χ3v) is 13.5. The summed E-state index contributed by atoms with van der Waals surface area (Å²) in [6.45, 7) is 14.4. The van der Waals surface area contributed by atoms with Crippen molar-refractivity contribution in [1.29, 1.82) is 0 Å². The summed E-state index contributed by atoms with van der Waals surface area (Å²) in [6.07, 6.45) is 6.16. The van der Waals surface area contributed by atoms with Gasteiger partial charge in [0, 0.05) is 0 Å². The lowest BCUT2D eigenvalue weighted by atomic mass is 9.43. The quantitative estimate of drug-likeness (QED) is 0.336. The van der Waals surface area contributed by atoms with Crippen LogP contribution in [0.4, 0.5) is 4.79 Å². The Bertz CT molecular complexity index is 1290. The second kappa shape index (κ2) is 11.8. The number of sulfonamides is 1. The van der Waals surface area contributed by atoms with E-state index < -0.39 is 16.1 Å². The molecule has 0 aliphatic heterocycles. The Labute approximate surface area is 258 Å². The molecule has 0 bridgehead atoms. The Balaban J connectivity index is 1.22. The number of aliphatic hydroxyl groups excluding tert-OH is 2. The third-order valence-electron chi connectivity index (χ3n) is 12.2. The lowest BCUT2D eigenvalue weighted by Crippen LogP contribution is -2.58. The molecule has 1 aromatic carbocycles. The van der Waals surface area contributed by atoms with Gasteiger partial charge < -0.3 is 19.7 Å². The highest BCUT2D eigenvalue weighted by Crippen LogP contribution is 2.68. The normalized spacial score (nSPS) is 38.0. The van der Waals surface area contributed by atoms with Gasteiger partial charge in [-0.25, -0.2) is 17.9 Å². The number of hydrogen-bond acceptors (Lipinski definition) is 7. The highest BCUT2D eigenvalue weighted by Gasteiger charge is 2.62. The van der Waals surface area contributed by atoms with Crippen LogP contribution in [-0.2, 0) is 14.8 Å². The van der Waals surface area contributed by atoms with Crippen molar-refractivity contribution in [2.45, 2.75) is 123 Å². The third kappa shape index (κ3) is 5.95. The van der Waals surface area contributed by atoms with Crippen molar-refractivity contribution in [2.24, 2.45) is 46.3 Å². The number of carbonyl (C=O) groups is 1. The zero-order chi connectivity index (χ0) is 31.5. The van der Waals surface area contributed by atoms with Crippen molar-refractivity contribution < 1.29 is 32.9 Å². The van der Waals surface area contributed by atoms with Gasteiger partial charge in [0.2, 0.25) is 0 Å². The first-order valence-electron chi connectivity index (χ1n) is 16.4. The predicted molar refractivity (Wildman–Crippen MR) is 165 cm³/mol. The van der Waals surface area contributed by atoms with Gasteiger partial charge in [-0.05, 0) is 149 Å². The van der Waals surface area contributed by atoms with Gasteiger partial charge in [-0.15, -0.1) is 0 Å². The molecule has 10 atom stereocenters. The van der Waals surface area contributed by atoms with Crippen LogP contribution in [-0.4, -0.2) is 49.6 Å². The van der Waals surface area contributed by atoms with Gasteiger partial charge in [0.15, 0.2) is 0 Å². The molecule has 0 unspecified atom stereocenters. The maximum absolute atomic E-state index is 13.0. The minimum Gasteiger partial charge on any atom is -0.490 e. The highest BCUT2D eigenvalue weighted by atomic mass is 32.2. The first kappa shape index (κ1) is 32.6. The molecule has 1 amide bonds. The molecule has 0 aromatic heterocycles. The van der Waals surface area contributed by atoms with Gasteiger partial charge in [-0.2, -0.15) is 0 Å². The molecule has 3 N–H and O–H groups in total. The van der Waals surface area contributed by atoms with Gasteiger partial charge in [-0.1, -0.05) is 20.8 Å². The molecule has 4 saturated carbocycles. The summed E-state index contributed by atoms with van der Waals surface area (Å²) in [5, 5.41) is 21.8. The predicted octanol–water partition coefficient (Wildman–Crippen LogP) is 6.13. The van der Waals surface area contributed by atoms with Crippen LogP contribution in [0, 0.1) is 60.2 Å². The van der Waals surface area contributed by atoms with Crippen molar-refractivity contribution in [3.8, 4) is 5.75 Å².